The van der Waals surface area contributed by atoms with E-state index in [-0.39, 0.29) is 24.0 Å². The molecule has 2 N–H and O–H groups in total. The summed E-state index contributed by atoms with van der Waals surface area (Å²) in [7, 11) is 0. The van der Waals surface area contributed by atoms with E-state index in [1.54, 1.807) is 0 Å². The fourth-order valence-electron chi connectivity index (χ4n) is 2.10. The molecule has 0 aromatic rings. The van der Waals surface area contributed by atoms with Gasteiger partial charge >= 0.3 is 0 Å². The molecule has 16 heavy (non-hydrogen) atoms. The third-order valence-electron chi connectivity index (χ3n) is 3.22. The summed E-state index contributed by atoms with van der Waals surface area (Å²) in [4.78, 5) is 0. The van der Waals surface area contributed by atoms with Crippen LogP contribution < -0.4 is 0 Å². The largest absolute Gasteiger partial charge is 0.393 e. The van der Waals surface area contributed by atoms with E-state index in [2.05, 4.69) is 6.08 Å². The molecular weight excluding hydrogens is 200 g/mol. The molecule has 0 heterocycles. The highest BCUT2D eigenvalue weighted by molar-refractivity contribution is 5.12. The Morgan fingerprint density at radius 3 is 2.38 bits per heavy atom. The third kappa shape index (κ3) is 3.95. The predicted molar refractivity (Wildman–Crippen MR) is 67.0 cm³/mol. The molecule has 0 aromatic carbocycles. The van der Waals surface area contributed by atoms with Gasteiger partial charge in [0.05, 0.1) is 12.2 Å². The van der Waals surface area contributed by atoms with E-state index in [1.807, 2.05) is 44.2 Å². The second kappa shape index (κ2) is 6.66. The zero-order valence-electron chi connectivity index (χ0n) is 10.1. The van der Waals surface area contributed by atoms with Gasteiger partial charge in [0.2, 0.25) is 0 Å². The molecule has 1 saturated carbocycles. The zero-order valence-corrected chi connectivity index (χ0v) is 10.1. The van der Waals surface area contributed by atoms with E-state index < -0.39 is 0 Å². The summed E-state index contributed by atoms with van der Waals surface area (Å²) in [5, 5.41) is 19.3. The molecule has 1 rings (SSSR count). The van der Waals surface area contributed by atoms with Gasteiger partial charge in [-0.2, -0.15) is 0 Å². The molecule has 90 valence electrons. The Labute approximate surface area is 98.0 Å². The predicted octanol–water partition coefficient (Wildman–Crippen LogP) is 2.44. The summed E-state index contributed by atoms with van der Waals surface area (Å²) in [6.45, 7) is 4.02. The molecule has 0 spiro atoms. The van der Waals surface area contributed by atoms with E-state index in [0.29, 0.717) is 6.42 Å². The molecule has 1 fully saturated rings. The van der Waals surface area contributed by atoms with E-state index in [9.17, 15) is 10.2 Å². The summed E-state index contributed by atoms with van der Waals surface area (Å²) >= 11 is 0. The van der Waals surface area contributed by atoms with Crippen LogP contribution in [0.5, 0.6) is 0 Å². The molecule has 0 amide bonds. The lowest BCUT2D eigenvalue weighted by molar-refractivity contribution is -0.0128. The average molecular weight is 222 g/mol. The lowest BCUT2D eigenvalue weighted by atomic mass is 9.77. The maximum Gasteiger partial charge on any atom is 0.0596 e. The summed E-state index contributed by atoms with van der Waals surface area (Å²) in [6.07, 6.45) is 12.5. The number of aliphatic hydroxyl groups excluding tert-OH is 2. The monoisotopic (exact) mass is 222 g/mol. The minimum absolute atomic E-state index is 0.231. The molecule has 2 heteroatoms. The fourth-order valence-corrected chi connectivity index (χ4v) is 2.10. The molecule has 0 radical (unpaired) electrons. The van der Waals surface area contributed by atoms with Crippen LogP contribution >= 0.6 is 0 Å². The van der Waals surface area contributed by atoms with E-state index >= 15 is 0 Å². The topological polar surface area (TPSA) is 40.5 Å². The summed E-state index contributed by atoms with van der Waals surface area (Å²) in [5.74, 6) is 0.503. The van der Waals surface area contributed by atoms with Gasteiger partial charge in [0.1, 0.15) is 0 Å². The highest BCUT2D eigenvalue weighted by Crippen LogP contribution is 2.31. The van der Waals surface area contributed by atoms with Gasteiger partial charge in [-0.25, -0.2) is 0 Å². The second-order valence-electron chi connectivity index (χ2n) is 4.51. The number of rotatable bonds is 3. The van der Waals surface area contributed by atoms with Crippen LogP contribution in [0.4, 0.5) is 0 Å². The van der Waals surface area contributed by atoms with Crippen LogP contribution in [0.2, 0.25) is 0 Å². The van der Waals surface area contributed by atoms with Crippen LogP contribution in [0.3, 0.4) is 0 Å². The van der Waals surface area contributed by atoms with Crippen LogP contribution in [-0.2, 0) is 0 Å². The first-order chi connectivity index (χ1) is 7.65. The van der Waals surface area contributed by atoms with Gasteiger partial charge in [-0.1, -0.05) is 43.4 Å². The Bertz CT molecular complexity index is 278. The first-order valence-electron chi connectivity index (χ1n) is 5.97. The molecule has 1 aliphatic rings. The quantitative estimate of drug-likeness (QED) is 0.720. The van der Waals surface area contributed by atoms with E-state index in [1.165, 1.54) is 0 Å². The van der Waals surface area contributed by atoms with Crippen molar-refractivity contribution in [2.75, 3.05) is 0 Å². The number of aliphatic hydroxyl groups is 2. The van der Waals surface area contributed by atoms with Gasteiger partial charge < -0.3 is 10.2 Å². The molecule has 4 atom stereocenters. The molecule has 0 aliphatic heterocycles. The number of allylic oxidation sites excluding steroid dienone is 6. The minimum Gasteiger partial charge on any atom is -0.393 e. The maximum absolute atomic E-state index is 9.74. The van der Waals surface area contributed by atoms with Crippen molar-refractivity contribution in [1.82, 2.24) is 0 Å². The van der Waals surface area contributed by atoms with Crippen molar-refractivity contribution >= 4 is 0 Å². The molecule has 0 bridgehead atoms. The number of hydrogen-bond acceptors (Lipinski definition) is 2. The van der Waals surface area contributed by atoms with Crippen LogP contribution in [0.15, 0.2) is 36.5 Å². The Balaban J connectivity index is 2.51. The van der Waals surface area contributed by atoms with Gasteiger partial charge in [-0.3, -0.25) is 0 Å². The van der Waals surface area contributed by atoms with Crippen molar-refractivity contribution in [2.24, 2.45) is 11.8 Å². The zero-order chi connectivity index (χ0) is 12.0. The number of hydrogen-bond donors (Lipinski definition) is 2. The lowest BCUT2D eigenvalue weighted by Gasteiger charge is -2.34. The first-order valence-corrected chi connectivity index (χ1v) is 5.97. The molecule has 0 saturated heterocycles. The summed E-state index contributed by atoms with van der Waals surface area (Å²) < 4.78 is 0. The average Bonchev–Trinajstić information content (AvgIpc) is 2.24. The van der Waals surface area contributed by atoms with Crippen molar-refractivity contribution in [3.63, 3.8) is 0 Å². The molecule has 0 aromatic heterocycles. The second-order valence-corrected chi connectivity index (χ2v) is 4.51. The smallest absolute Gasteiger partial charge is 0.0596 e. The Hall–Kier alpha value is -0.860. The third-order valence-corrected chi connectivity index (χ3v) is 3.22. The van der Waals surface area contributed by atoms with Crippen LogP contribution in [0.1, 0.15) is 26.7 Å². The summed E-state index contributed by atoms with van der Waals surface area (Å²) in [5.41, 5.74) is 0. The Morgan fingerprint density at radius 1 is 1.00 bits per heavy atom. The molecule has 2 nitrogen and oxygen atoms in total. The van der Waals surface area contributed by atoms with Crippen molar-refractivity contribution in [3.05, 3.63) is 36.5 Å². The maximum atomic E-state index is 9.74. The van der Waals surface area contributed by atoms with Crippen LogP contribution in [0.25, 0.3) is 0 Å². The highest BCUT2D eigenvalue weighted by Gasteiger charge is 2.31. The van der Waals surface area contributed by atoms with Crippen molar-refractivity contribution in [1.29, 1.82) is 0 Å². The van der Waals surface area contributed by atoms with Crippen LogP contribution in [-0.4, -0.2) is 22.4 Å². The Morgan fingerprint density at radius 2 is 1.69 bits per heavy atom. The molecule has 0 unspecified atom stereocenters. The molecule has 1 aliphatic carbocycles. The SMILES string of the molecule is C/C=C/C=C/C=C/[C@H]1C[C@@H](O)C[C@@H](O)[C@@H]1C. The summed E-state index contributed by atoms with van der Waals surface area (Å²) in [6, 6.07) is 0. The van der Waals surface area contributed by atoms with Gasteiger partial charge in [0.25, 0.3) is 0 Å². The van der Waals surface area contributed by atoms with E-state index in [0.717, 1.165) is 6.42 Å². The Kier molecular flexibility index (Phi) is 5.50. The minimum atomic E-state index is -0.377. The van der Waals surface area contributed by atoms with Gasteiger partial charge in [-0.15, -0.1) is 0 Å². The van der Waals surface area contributed by atoms with Gasteiger partial charge in [-0.05, 0) is 31.6 Å². The van der Waals surface area contributed by atoms with Crippen molar-refractivity contribution in [2.45, 2.75) is 38.9 Å². The fraction of sp³-hybridized carbons (Fsp3) is 0.571. The van der Waals surface area contributed by atoms with Crippen molar-refractivity contribution < 1.29 is 10.2 Å². The highest BCUT2D eigenvalue weighted by atomic mass is 16.3. The van der Waals surface area contributed by atoms with Crippen LogP contribution in [0, 0.1) is 11.8 Å². The van der Waals surface area contributed by atoms with E-state index in [4.69, 9.17) is 0 Å². The van der Waals surface area contributed by atoms with Crippen molar-refractivity contribution in [3.8, 4) is 0 Å². The molecular formula is C14H22O2. The standard InChI is InChI=1S/C14H22O2/c1-3-4-5-6-7-8-12-9-13(15)10-14(16)11(12)2/h3-8,11-16H,9-10H2,1-2H3/b4-3+,6-5+,8-7+/t11-,12+,13-,14-/m1/s1. The first kappa shape index (κ1) is 13.2. The normalized spacial score (nSPS) is 36.8. The lowest BCUT2D eigenvalue weighted by Crippen LogP contribution is -2.36. The van der Waals surface area contributed by atoms with Gasteiger partial charge in [0.15, 0.2) is 0 Å². The van der Waals surface area contributed by atoms with Gasteiger partial charge in [0, 0.05) is 0 Å².